The number of rotatable bonds is 6. The van der Waals surface area contributed by atoms with E-state index in [9.17, 15) is 4.79 Å². The molecule has 0 saturated carbocycles. The van der Waals surface area contributed by atoms with E-state index in [1.165, 1.54) is 0 Å². The summed E-state index contributed by atoms with van der Waals surface area (Å²) in [4.78, 5) is 20.0. The molecule has 3 rings (SSSR count). The van der Waals surface area contributed by atoms with Gasteiger partial charge in [-0.05, 0) is 61.6 Å². The molecule has 0 radical (unpaired) electrons. The molecule has 1 aromatic heterocycles. The first kappa shape index (κ1) is 18.9. The maximum absolute atomic E-state index is 11.3. The van der Waals surface area contributed by atoms with Crippen LogP contribution in [0, 0.1) is 6.92 Å². The summed E-state index contributed by atoms with van der Waals surface area (Å²) < 4.78 is 0. The number of nitrogen functional groups attached to an aromatic ring is 1. The molecule has 4 N–H and O–H groups in total. The fourth-order valence-corrected chi connectivity index (χ4v) is 3.20. The highest BCUT2D eigenvalue weighted by molar-refractivity contribution is 6.31. The molecule has 3 aromatic rings. The number of hydrogen-bond donors (Lipinski definition) is 2. The van der Waals surface area contributed by atoms with Crippen molar-refractivity contribution in [2.45, 2.75) is 26.2 Å². The minimum atomic E-state index is -0.415. The lowest BCUT2D eigenvalue weighted by molar-refractivity contribution is 0.1000. The van der Waals surface area contributed by atoms with E-state index in [1.54, 1.807) is 6.07 Å². The third kappa shape index (κ3) is 4.63. The Morgan fingerprint density at radius 3 is 2.63 bits per heavy atom. The molecule has 0 aliphatic heterocycles. The number of carbonyl (C=O) groups is 1. The highest BCUT2D eigenvalue weighted by Gasteiger charge is 2.10. The molecule has 5 nitrogen and oxygen atoms in total. The molecular weight excluding hydrogens is 360 g/mol. The van der Waals surface area contributed by atoms with Crippen molar-refractivity contribution in [3.05, 3.63) is 75.9 Å². The summed E-state index contributed by atoms with van der Waals surface area (Å²) in [7, 11) is 0. The Labute approximate surface area is 163 Å². The predicted molar refractivity (Wildman–Crippen MR) is 109 cm³/mol. The van der Waals surface area contributed by atoms with Gasteiger partial charge < -0.3 is 11.5 Å². The van der Waals surface area contributed by atoms with Gasteiger partial charge in [0.15, 0.2) is 0 Å². The number of halogens is 1. The smallest absolute Gasteiger partial charge is 0.248 e. The summed E-state index contributed by atoms with van der Waals surface area (Å²) in [5.41, 5.74) is 16.4. The van der Waals surface area contributed by atoms with E-state index in [0.29, 0.717) is 10.6 Å². The molecular formula is C21H21ClN4O. The number of nitrogens with two attached hydrogens (primary N) is 2. The second-order valence-electron chi connectivity index (χ2n) is 6.43. The van der Waals surface area contributed by atoms with Gasteiger partial charge in [0.1, 0.15) is 0 Å². The molecule has 6 heteroatoms. The van der Waals surface area contributed by atoms with Gasteiger partial charge >= 0.3 is 0 Å². The van der Waals surface area contributed by atoms with Gasteiger partial charge in [0, 0.05) is 21.8 Å². The molecule has 1 heterocycles. The van der Waals surface area contributed by atoms with Crippen LogP contribution in [-0.2, 0) is 12.8 Å². The topological polar surface area (TPSA) is 94.9 Å². The minimum Gasteiger partial charge on any atom is -0.368 e. The fourth-order valence-electron chi connectivity index (χ4n) is 3.02. The van der Waals surface area contributed by atoms with Crippen molar-refractivity contribution in [3.63, 3.8) is 0 Å². The van der Waals surface area contributed by atoms with Crippen molar-refractivity contribution in [2.24, 2.45) is 5.73 Å². The molecule has 138 valence electrons. The molecule has 1 amide bonds. The van der Waals surface area contributed by atoms with Crippen LogP contribution in [0.4, 0.5) is 5.95 Å². The Hall–Kier alpha value is -2.92. The van der Waals surface area contributed by atoms with Gasteiger partial charge in [0.2, 0.25) is 11.9 Å². The van der Waals surface area contributed by atoms with Crippen molar-refractivity contribution in [3.8, 4) is 11.3 Å². The van der Waals surface area contributed by atoms with Crippen molar-refractivity contribution < 1.29 is 4.79 Å². The van der Waals surface area contributed by atoms with Gasteiger partial charge in [-0.25, -0.2) is 9.97 Å². The highest BCUT2D eigenvalue weighted by atomic mass is 35.5. The SMILES string of the molecule is Cc1c(Cl)cccc1-c1cc(CCCc2cccc(C(N)=O)c2)nc(N)n1. The van der Waals surface area contributed by atoms with Gasteiger partial charge in [-0.1, -0.05) is 35.9 Å². The number of nitrogens with zero attached hydrogens (tertiary/aromatic N) is 2. The normalized spacial score (nSPS) is 10.7. The number of aromatic nitrogens is 2. The maximum atomic E-state index is 11.3. The average Bonchev–Trinajstić information content (AvgIpc) is 2.64. The lowest BCUT2D eigenvalue weighted by Gasteiger charge is -2.10. The van der Waals surface area contributed by atoms with E-state index in [0.717, 1.165) is 47.3 Å². The molecule has 0 fully saturated rings. The number of amides is 1. The third-order valence-corrected chi connectivity index (χ3v) is 4.86. The van der Waals surface area contributed by atoms with Crippen LogP contribution in [0.5, 0.6) is 0 Å². The first-order chi connectivity index (χ1) is 12.9. The molecule has 2 aromatic carbocycles. The molecule has 0 aliphatic carbocycles. The number of hydrogen-bond acceptors (Lipinski definition) is 4. The number of anilines is 1. The molecule has 0 unspecified atom stereocenters. The van der Waals surface area contributed by atoms with E-state index in [2.05, 4.69) is 9.97 Å². The zero-order chi connectivity index (χ0) is 19.4. The summed E-state index contributed by atoms with van der Waals surface area (Å²) in [6, 6.07) is 15.1. The van der Waals surface area contributed by atoms with Crippen LogP contribution in [0.2, 0.25) is 5.02 Å². The van der Waals surface area contributed by atoms with Gasteiger partial charge in [0.25, 0.3) is 0 Å². The van der Waals surface area contributed by atoms with Gasteiger partial charge in [-0.2, -0.15) is 0 Å². The molecule has 0 saturated heterocycles. The number of benzene rings is 2. The van der Waals surface area contributed by atoms with Gasteiger partial charge in [-0.15, -0.1) is 0 Å². The lowest BCUT2D eigenvalue weighted by atomic mass is 10.0. The van der Waals surface area contributed by atoms with Crippen LogP contribution in [0.3, 0.4) is 0 Å². The maximum Gasteiger partial charge on any atom is 0.248 e. The lowest BCUT2D eigenvalue weighted by Crippen LogP contribution is -2.11. The Morgan fingerprint density at radius 2 is 1.85 bits per heavy atom. The third-order valence-electron chi connectivity index (χ3n) is 4.45. The first-order valence-corrected chi connectivity index (χ1v) is 9.09. The zero-order valence-electron chi connectivity index (χ0n) is 15.1. The molecule has 0 aliphatic rings. The predicted octanol–water partition coefficient (Wildman–Crippen LogP) is 3.96. The second kappa shape index (κ2) is 8.18. The Bertz CT molecular complexity index is 988. The zero-order valence-corrected chi connectivity index (χ0v) is 15.8. The van der Waals surface area contributed by atoms with Crippen molar-refractivity contribution >= 4 is 23.5 Å². The summed E-state index contributed by atoms with van der Waals surface area (Å²) >= 11 is 6.22. The molecule has 0 spiro atoms. The molecule has 0 bridgehead atoms. The van der Waals surface area contributed by atoms with Crippen LogP contribution in [-0.4, -0.2) is 15.9 Å². The van der Waals surface area contributed by atoms with Gasteiger partial charge in [-0.3, -0.25) is 4.79 Å². The Balaban J connectivity index is 1.74. The van der Waals surface area contributed by atoms with E-state index < -0.39 is 5.91 Å². The van der Waals surface area contributed by atoms with Crippen LogP contribution in [0.25, 0.3) is 11.3 Å². The van der Waals surface area contributed by atoms with E-state index >= 15 is 0 Å². The monoisotopic (exact) mass is 380 g/mol. The summed E-state index contributed by atoms with van der Waals surface area (Å²) in [6.45, 7) is 1.96. The molecule has 27 heavy (non-hydrogen) atoms. The Morgan fingerprint density at radius 1 is 1.07 bits per heavy atom. The van der Waals surface area contributed by atoms with Crippen LogP contribution in [0.1, 0.15) is 33.6 Å². The summed E-state index contributed by atoms with van der Waals surface area (Å²) in [5.74, 6) is -0.167. The van der Waals surface area contributed by atoms with E-state index in [1.807, 2.05) is 49.4 Å². The fraction of sp³-hybridized carbons (Fsp3) is 0.190. The Kier molecular flexibility index (Phi) is 5.72. The van der Waals surface area contributed by atoms with E-state index in [4.69, 9.17) is 23.1 Å². The van der Waals surface area contributed by atoms with Crippen LogP contribution < -0.4 is 11.5 Å². The highest BCUT2D eigenvalue weighted by Crippen LogP contribution is 2.28. The largest absolute Gasteiger partial charge is 0.368 e. The second-order valence-corrected chi connectivity index (χ2v) is 6.84. The van der Waals surface area contributed by atoms with Crippen LogP contribution >= 0.6 is 11.6 Å². The van der Waals surface area contributed by atoms with Crippen molar-refractivity contribution in [2.75, 3.05) is 5.73 Å². The quantitative estimate of drug-likeness (QED) is 0.676. The minimum absolute atomic E-state index is 0.248. The van der Waals surface area contributed by atoms with Crippen molar-refractivity contribution in [1.29, 1.82) is 0 Å². The number of carbonyl (C=O) groups excluding carboxylic acids is 1. The number of aryl methyl sites for hydroxylation is 2. The van der Waals surface area contributed by atoms with Gasteiger partial charge in [0.05, 0.1) is 5.69 Å². The first-order valence-electron chi connectivity index (χ1n) is 8.71. The summed E-state index contributed by atoms with van der Waals surface area (Å²) in [5, 5.41) is 0.695. The number of primary amides is 1. The van der Waals surface area contributed by atoms with E-state index in [-0.39, 0.29) is 5.95 Å². The van der Waals surface area contributed by atoms with Crippen molar-refractivity contribution in [1.82, 2.24) is 9.97 Å². The average molecular weight is 381 g/mol. The molecule has 0 atom stereocenters. The standard InChI is InChI=1S/C21H21ClN4O/c1-13-17(9-4-10-18(13)22)19-12-16(25-21(24)26-19)8-3-6-14-5-2-7-15(11-14)20(23)27/h2,4-5,7,9-12H,3,6,8H2,1H3,(H2,23,27)(H2,24,25,26). The summed E-state index contributed by atoms with van der Waals surface area (Å²) in [6.07, 6.45) is 2.43. The van der Waals surface area contributed by atoms with Crippen LogP contribution in [0.15, 0.2) is 48.5 Å².